The van der Waals surface area contributed by atoms with Gasteiger partial charge in [-0.2, -0.15) is 0 Å². The van der Waals surface area contributed by atoms with Crippen LogP contribution in [0.2, 0.25) is 10.0 Å². The number of aromatic nitrogens is 2. The largest absolute Gasteiger partial charge is 0.496 e. The lowest BCUT2D eigenvalue weighted by Crippen LogP contribution is -2.10. The Hall–Kier alpha value is -1.14. The highest BCUT2D eigenvalue weighted by molar-refractivity contribution is 7.99. The highest BCUT2D eigenvalue weighted by Gasteiger charge is 2.19. The number of aryl methyl sites for hydroxylation is 1. The Labute approximate surface area is 225 Å². The van der Waals surface area contributed by atoms with Crippen molar-refractivity contribution in [2.24, 2.45) is 0 Å². The highest BCUT2D eigenvalue weighted by Crippen LogP contribution is 2.37. The third kappa shape index (κ3) is 9.68. The summed E-state index contributed by atoms with van der Waals surface area (Å²) in [5.41, 5.74) is 1.06. The Bertz CT molecular complexity index is 938. The van der Waals surface area contributed by atoms with Crippen molar-refractivity contribution in [1.82, 2.24) is 9.55 Å². The summed E-state index contributed by atoms with van der Waals surface area (Å²) in [6.45, 7) is 7.89. The molecule has 0 N–H and O–H groups in total. The fraction of sp³-hybridized carbons (Fsp3) is 0.607. The zero-order valence-electron chi connectivity index (χ0n) is 21.5. The van der Waals surface area contributed by atoms with Gasteiger partial charge >= 0.3 is 0 Å². The maximum Gasteiger partial charge on any atom is 0.125 e. The van der Waals surface area contributed by atoms with Crippen LogP contribution in [0, 0.1) is 6.92 Å². The van der Waals surface area contributed by atoms with Crippen LogP contribution in [-0.4, -0.2) is 22.8 Å². The molecule has 194 valence electrons. The van der Waals surface area contributed by atoms with Crippen molar-refractivity contribution < 1.29 is 9.47 Å². The number of nitrogens with zero attached hydrogens (tertiary/aromatic N) is 2. The van der Waals surface area contributed by atoms with Crippen molar-refractivity contribution >= 4 is 35.0 Å². The molecular weight excluding hydrogens is 499 g/mol. The van der Waals surface area contributed by atoms with Gasteiger partial charge in [-0.25, -0.2) is 4.98 Å². The van der Waals surface area contributed by atoms with Gasteiger partial charge in [0.2, 0.25) is 0 Å². The molecule has 0 saturated heterocycles. The zero-order valence-corrected chi connectivity index (χ0v) is 23.8. The topological polar surface area (TPSA) is 36.3 Å². The van der Waals surface area contributed by atoms with E-state index in [1.807, 2.05) is 19.1 Å². The molecule has 1 aromatic heterocycles. The molecule has 0 unspecified atom stereocenters. The summed E-state index contributed by atoms with van der Waals surface area (Å²) < 4.78 is 14.3. The SMILES string of the molecule is Cc1nc(C(C)C)c(Sc2cc(Cl)cc(Cl)c2)n1COCCOC1=CCCCCCCCCCC1. The van der Waals surface area contributed by atoms with Crippen LogP contribution >= 0.6 is 35.0 Å². The first-order valence-corrected chi connectivity index (χ1v) is 14.6. The van der Waals surface area contributed by atoms with Crippen LogP contribution in [0.3, 0.4) is 0 Å². The molecule has 7 heteroatoms. The Morgan fingerprint density at radius 1 is 0.943 bits per heavy atom. The van der Waals surface area contributed by atoms with Gasteiger partial charge in [-0.15, -0.1) is 0 Å². The molecule has 0 aliphatic heterocycles. The van der Waals surface area contributed by atoms with E-state index in [-0.39, 0.29) is 0 Å². The van der Waals surface area contributed by atoms with Crippen LogP contribution in [0.25, 0.3) is 0 Å². The molecule has 1 heterocycles. The number of imidazole rings is 1. The summed E-state index contributed by atoms with van der Waals surface area (Å²) in [5.74, 6) is 2.37. The number of allylic oxidation sites excluding steroid dienone is 2. The van der Waals surface area contributed by atoms with Crippen LogP contribution in [-0.2, 0) is 16.2 Å². The molecule has 1 aliphatic rings. The van der Waals surface area contributed by atoms with E-state index in [4.69, 9.17) is 37.7 Å². The van der Waals surface area contributed by atoms with E-state index < -0.39 is 0 Å². The minimum atomic E-state index is 0.295. The average Bonchev–Trinajstić information content (AvgIpc) is 3.09. The van der Waals surface area contributed by atoms with E-state index in [0.29, 0.717) is 35.9 Å². The zero-order chi connectivity index (χ0) is 25.0. The van der Waals surface area contributed by atoms with Crippen molar-refractivity contribution in [3.8, 4) is 0 Å². The summed E-state index contributed by atoms with van der Waals surface area (Å²) in [7, 11) is 0. The predicted octanol–water partition coefficient (Wildman–Crippen LogP) is 9.56. The van der Waals surface area contributed by atoms with Crippen molar-refractivity contribution in [3.05, 3.63) is 51.6 Å². The highest BCUT2D eigenvalue weighted by atomic mass is 35.5. The smallest absolute Gasteiger partial charge is 0.125 e. The van der Waals surface area contributed by atoms with Crippen LogP contribution in [0.4, 0.5) is 0 Å². The van der Waals surface area contributed by atoms with Crippen LogP contribution in [0.1, 0.15) is 95.5 Å². The van der Waals surface area contributed by atoms with Gasteiger partial charge in [0.25, 0.3) is 0 Å². The lowest BCUT2D eigenvalue weighted by Gasteiger charge is -2.15. The first kappa shape index (κ1) is 28.4. The lowest BCUT2D eigenvalue weighted by atomic mass is 10.0. The predicted molar refractivity (Wildman–Crippen MR) is 148 cm³/mol. The van der Waals surface area contributed by atoms with Gasteiger partial charge in [-0.3, -0.25) is 4.57 Å². The first-order chi connectivity index (χ1) is 16.9. The maximum atomic E-state index is 6.23. The van der Waals surface area contributed by atoms with Gasteiger partial charge in [-0.1, -0.05) is 87.3 Å². The third-order valence-electron chi connectivity index (χ3n) is 6.22. The molecule has 0 radical (unpaired) electrons. The van der Waals surface area contributed by atoms with Gasteiger partial charge in [0, 0.05) is 21.4 Å². The van der Waals surface area contributed by atoms with Crippen LogP contribution in [0.15, 0.2) is 40.0 Å². The number of hydrogen-bond donors (Lipinski definition) is 0. The minimum absolute atomic E-state index is 0.295. The average molecular weight is 540 g/mol. The molecule has 0 atom stereocenters. The molecule has 3 rings (SSSR count). The number of hydrogen-bond acceptors (Lipinski definition) is 4. The summed E-state index contributed by atoms with van der Waals surface area (Å²) in [6, 6.07) is 5.61. The lowest BCUT2D eigenvalue weighted by molar-refractivity contribution is 0.0316. The second kappa shape index (κ2) is 15.2. The Balaban J connectivity index is 1.56. The maximum absolute atomic E-state index is 6.23. The van der Waals surface area contributed by atoms with Gasteiger partial charge in [-0.05, 0) is 56.4 Å². The van der Waals surface area contributed by atoms with Crippen LogP contribution < -0.4 is 0 Å². The third-order valence-corrected chi connectivity index (χ3v) is 7.75. The molecule has 1 aliphatic carbocycles. The first-order valence-electron chi connectivity index (χ1n) is 13.0. The van der Waals surface area contributed by atoms with Gasteiger partial charge < -0.3 is 9.47 Å². The molecular formula is C28H40Cl2N2O2S. The standard InChI is InChI=1S/C28H40Cl2N2O2S/c1-21(2)27-28(35-26-18-23(29)17-24(30)19-26)32(22(3)31-27)20-33-15-16-34-25-13-11-9-7-5-4-6-8-10-12-14-25/h13,17-19,21H,4-12,14-16,20H2,1-3H3. The van der Waals surface area contributed by atoms with Crippen molar-refractivity contribution in [2.75, 3.05) is 13.2 Å². The molecule has 35 heavy (non-hydrogen) atoms. The molecule has 0 bridgehead atoms. The van der Waals surface area contributed by atoms with Crippen molar-refractivity contribution in [2.45, 2.75) is 108 Å². The van der Waals surface area contributed by atoms with E-state index in [2.05, 4.69) is 24.5 Å². The molecule has 4 nitrogen and oxygen atoms in total. The van der Waals surface area contributed by atoms with Crippen molar-refractivity contribution in [3.63, 3.8) is 0 Å². The van der Waals surface area contributed by atoms with E-state index in [1.54, 1.807) is 17.8 Å². The Morgan fingerprint density at radius 3 is 2.29 bits per heavy atom. The van der Waals surface area contributed by atoms with E-state index in [1.165, 1.54) is 51.4 Å². The molecule has 0 saturated carbocycles. The number of benzene rings is 1. The van der Waals surface area contributed by atoms with E-state index in [9.17, 15) is 0 Å². The Kier molecular flexibility index (Phi) is 12.3. The number of halogens is 2. The summed E-state index contributed by atoms with van der Waals surface area (Å²) >= 11 is 14.1. The van der Waals surface area contributed by atoms with Crippen LogP contribution in [0.5, 0.6) is 0 Å². The molecule has 0 spiro atoms. The minimum Gasteiger partial charge on any atom is -0.496 e. The molecule has 0 amide bonds. The van der Waals surface area contributed by atoms with E-state index >= 15 is 0 Å². The fourth-order valence-electron chi connectivity index (χ4n) is 4.29. The van der Waals surface area contributed by atoms with Gasteiger partial charge in [0.15, 0.2) is 0 Å². The van der Waals surface area contributed by atoms with Gasteiger partial charge in [0.05, 0.1) is 18.1 Å². The monoisotopic (exact) mass is 538 g/mol. The molecule has 1 aromatic carbocycles. The molecule has 0 fully saturated rings. The normalized spacial score (nSPS) is 16.0. The summed E-state index contributed by atoms with van der Waals surface area (Å²) in [5, 5.41) is 2.32. The second-order valence-electron chi connectivity index (χ2n) is 9.56. The van der Waals surface area contributed by atoms with E-state index in [0.717, 1.165) is 40.0 Å². The number of ether oxygens (including phenoxy) is 2. The fourth-order valence-corrected chi connectivity index (χ4v) is 6.22. The van der Waals surface area contributed by atoms with Crippen molar-refractivity contribution in [1.29, 1.82) is 0 Å². The second-order valence-corrected chi connectivity index (χ2v) is 11.5. The number of rotatable bonds is 9. The quantitative estimate of drug-likeness (QED) is 0.297. The Morgan fingerprint density at radius 2 is 1.60 bits per heavy atom. The molecule has 2 aromatic rings. The van der Waals surface area contributed by atoms with Gasteiger partial charge in [0.1, 0.15) is 24.2 Å². The summed E-state index contributed by atoms with van der Waals surface area (Å²) in [4.78, 5) is 5.82. The summed E-state index contributed by atoms with van der Waals surface area (Å²) in [6.07, 6.45) is 15.1.